The van der Waals surface area contributed by atoms with Crippen LogP contribution in [0.15, 0.2) is 51.7 Å². The number of carbonyl (C=O) groups excluding carboxylic acids is 1. The van der Waals surface area contributed by atoms with Gasteiger partial charge in [0.15, 0.2) is 5.43 Å². The Bertz CT molecular complexity index is 1320. The van der Waals surface area contributed by atoms with Gasteiger partial charge in [0.2, 0.25) is 5.76 Å². The minimum absolute atomic E-state index is 0.0204. The first-order valence-electron chi connectivity index (χ1n) is 10.6. The molecule has 0 N–H and O–H groups in total. The number of halogens is 1. The summed E-state index contributed by atoms with van der Waals surface area (Å²) < 4.78 is 25.0. The van der Waals surface area contributed by atoms with E-state index in [1.807, 2.05) is 0 Å². The first-order valence-corrected chi connectivity index (χ1v) is 10.6. The van der Waals surface area contributed by atoms with Gasteiger partial charge in [-0.2, -0.15) is 0 Å². The molecule has 2 aromatic carbocycles. The van der Waals surface area contributed by atoms with Gasteiger partial charge in [-0.25, -0.2) is 4.39 Å². The minimum atomic E-state index is -0.877. The van der Waals surface area contributed by atoms with Gasteiger partial charge in [-0.05, 0) is 23.8 Å². The molecular formula is C23H20FN3O6. The van der Waals surface area contributed by atoms with Crippen LogP contribution < -0.4 is 5.43 Å². The number of non-ortho nitro benzene ring substituents is 1. The topological polar surface area (TPSA) is 106 Å². The van der Waals surface area contributed by atoms with Crippen molar-refractivity contribution in [1.82, 2.24) is 9.80 Å². The fourth-order valence-electron chi connectivity index (χ4n) is 4.45. The van der Waals surface area contributed by atoms with Crippen LogP contribution >= 0.6 is 0 Å². The highest BCUT2D eigenvalue weighted by Crippen LogP contribution is 2.39. The third kappa shape index (κ3) is 3.77. The van der Waals surface area contributed by atoms with Crippen molar-refractivity contribution in [2.45, 2.75) is 6.04 Å². The van der Waals surface area contributed by atoms with Crippen molar-refractivity contribution in [2.75, 3.05) is 39.4 Å². The summed E-state index contributed by atoms with van der Waals surface area (Å²) in [6.45, 7) is 3.45. The lowest BCUT2D eigenvalue weighted by Gasteiger charge is -2.31. The average Bonchev–Trinajstić information content (AvgIpc) is 3.11. The van der Waals surface area contributed by atoms with Crippen LogP contribution in [0.2, 0.25) is 0 Å². The second-order valence-electron chi connectivity index (χ2n) is 8.02. The molecule has 9 nitrogen and oxygen atoms in total. The number of nitro benzene ring substituents is 1. The van der Waals surface area contributed by atoms with Crippen molar-refractivity contribution in [3.63, 3.8) is 0 Å². The van der Waals surface area contributed by atoms with Gasteiger partial charge < -0.3 is 14.1 Å². The molecule has 0 radical (unpaired) electrons. The normalized spacial score (nSPS) is 18.6. The van der Waals surface area contributed by atoms with Crippen molar-refractivity contribution in [3.8, 4) is 0 Å². The first kappa shape index (κ1) is 21.2. The molecule has 0 aliphatic carbocycles. The van der Waals surface area contributed by atoms with Crippen LogP contribution in [0.1, 0.15) is 27.7 Å². The Morgan fingerprint density at radius 1 is 1.09 bits per heavy atom. The van der Waals surface area contributed by atoms with Crippen LogP contribution in [-0.2, 0) is 4.74 Å². The minimum Gasteiger partial charge on any atom is -0.450 e. The van der Waals surface area contributed by atoms with Crippen LogP contribution in [0.4, 0.5) is 10.1 Å². The molecule has 2 aliphatic heterocycles. The van der Waals surface area contributed by atoms with E-state index in [-0.39, 0.29) is 34.5 Å². The molecule has 3 heterocycles. The molecule has 0 spiro atoms. The Morgan fingerprint density at radius 2 is 1.88 bits per heavy atom. The summed E-state index contributed by atoms with van der Waals surface area (Å²) in [4.78, 5) is 41.3. The summed E-state index contributed by atoms with van der Waals surface area (Å²) in [5, 5.41) is 11.4. The molecule has 0 saturated carbocycles. The lowest BCUT2D eigenvalue weighted by atomic mass is 9.98. The Balaban J connectivity index is 1.63. The summed E-state index contributed by atoms with van der Waals surface area (Å²) in [6, 6.07) is 8.52. The largest absolute Gasteiger partial charge is 0.450 e. The molecule has 3 aromatic rings. The predicted octanol–water partition coefficient (Wildman–Crippen LogP) is 2.72. The number of hydrogen-bond acceptors (Lipinski definition) is 7. The van der Waals surface area contributed by atoms with Gasteiger partial charge in [0, 0.05) is 38.3 Å². The fourth-order valence-corrected chi connectivity index (χ4v) is 4.45. The molecule has 10 heteroatoms. The van der Waals surface area contributed by atoms with Gasteiger partial charge in [-0.3, -0.25) is 24.6 Å². The Hall–Kier alpha value is -3.63. The molecule has 1 aromatic heterocycles. The van der Waals surface area contributed by atoms with Crippen molar-refractivity contribution in [2.24, 2.45) is 0 Å². The summed E-state index contributed by atoms with van der Waals surface area (Å²) in [5.74, 6) is -1.19. The van der Waals surface area contributed by atoms with Crippen LogP contribution in [0.5, 0.6) is 0 Å². The molecule has 2 aliphatic rings. The number of nitrogens with zero attached hydrogens (tertiary/aromatic N) is 3. The number of hydrogen-bond donors (Lipinski definition) is 0. The zero-order valence-electron chi connectivity index (χ0n) is 17.5. The number of ether oxygens (including phenoxy) is 1. The van der Waals surface area contributed by atoms with E-state index >= 15 is 0 Å². The maximum Gasteiger partial charge on any atom is 0.290 e. The monoisotopic (exact) mass is 453 g/mol. The van der Waals surface area contributed by atoms with E-state index in [9.17, 15) is 24.1 Å². The number of nitro groups is 1. The number of morpholine rings is 1. The highest BCUT2D eigenvalue weighted by molar-refractivity contribution is 5.99. The Kier molecular flexibility index (Phi) is 5.39. The molecule has 1 amide bonds. The third-order valence-electron chi connectivity index (χ3n) is 6.09. The molecule has 1 fully saturated rings. The standard InChI is InChI=1S/C23H20FN3O6/c24-15-4-5-18-17(13-15)21(28)19-20(14-2-1-3-16(12-14)27(30)31)26(23(29)22(19)33-18)7-6-25-8-10-32-11-9-25/h1-5,12-13,20H,6-11H2. The molecule has 170 valence electrons. The van der Waals surface area contributed by atoms with E-state index in [0.29, 0.717) is 25.3 Å². The number of carbonyl (C=O) groups is 1. The SMILES string of the molecule is O=C1c2oc3ccc(F)cc3c(=O)c2C(c2cccc([N+](=O)[O-])c2)N1CCN1CCOCC1. The van der Waals surface area contributed by atoms with Crippen molar-refractivity contribution < 1.29 is 23.3 Å². The molecule has 1 atom stereocenters. The molecule has 0 bridgehead atoms. The van der Waals surface area contributed by atoms with Crippen LogP contribution in [0.25, 0.3) is 11.0 Å². The van der Waals surface area contributed by atoms with Crippen LogP contribution in [0.3, 0.4) is 0 Å². The highest BCUT2D eigenvalue weighted by atomic mass is 19.1. The molecule has 1 saturated heterocycles. The van der Waals surface area contributed by atoms with E-state index in [0.717, 1.165) is 25.2 Å². The quantitative estimate of drug-likeness (QED) is 0.432. The smallest absolute Gasteiger partial charge is 0.290 e. The maximum atomic E-state index is 13.9. The van der Waals surface area contributed by atoms with Crippen molar-refractivity contribution >= 4 is 22.6 Å². The van der Waals surface area contributed by atoms with Crippen LogP contribution in [-0.4, -0.2) is 60.0 Å². The van der Waals surface area contributed by atoms with E-state index in [4.69, 9.17) is 9.15 Å². The lowest BCUT2D eigenvalue weighted by molar-refractivity contribution is -0.384. The zero-order chi connectivity index (χ0) is 23.1. The average molecular weight is 453 g/mol. The van der Waals surface area contributed by atoms with E-state index in [1.54, 1.807) is 6.07 Å². The molecule has 5 rings (SSSR count). The third-order valence-corrected chi connectivity index (χ3v) is 6.09. The molecule has 33 heavy (non-hydrogen) atoms. The first-order chi connectivity index (χ1) is 15.9. The van der Waals surface area contributed by atoms with Crippen molar-refractivity contribution in [1.29, 1.82) is 0 Å². The van der Waals surface area contributed by atoms with Crippen molar-refractivity contribution in [3.05, 3.63) is 85.5 Å². The predicted molar refractivity (Wildman–Crippen MR) is 116 cm³/mol. The second-order valence-corrected chi connectivity index (χ2v) is 8.02. The van der Waals surface area contributed by atoms with E-state index in [2.05, 4.69) is 4.90 Å². The Labute approximate surface area is 187 Å². The van der Waals surface area contributed by atoms with E-state index in [1.165, 1.54) is 29.2 Å². The van der Waals surface area contributed by atoms with Crippen LogP contribution in [0, 0.1) is 15.9 Å². The molecule has 1 unspecified atom stereocenters. The number of benzene rings is 2. The summed E-state index contributed by atoms with van der Waals surface area (Å²) in [7, 11) is 0. The summed E-state index contributed by atoms with van der Waals surface area (Å²) in [5.41, 5.74) is -0.0783. The number of rotatable bonds is 5. The summed E-state index contributed by atoms with van der Waals surface area (Å²) >= 11 is 0. The van der Waals surface area contributed by atoms with Gasteiger partial charge >= 0.3 is 0 Å². The van der Waals surface area contributed by atoms with Gasteiger partial charge in [0.05, 0.1) is 35.1 Å². The number of amides is 1. The molecular weight excluding hydrogens is 433 g/mol. The van der Waals surface area contributed by atoms with Gasteiger partial charge in [0.25, 0.3) is 11.6 Å². The Morgan fingerprint density at radius 3 is 2.64 bits per heavy atom. The van der Waals surface area contributed by atoms with E-state index < -0.39 is 28.1 Å². The fraction of sp³-hybridized carbons (Fsp3) is 0.304. The highest BCUT2D eigenvalue weighted by Gasteiger charge is 2.43. The summed E-state index contributed by atoms with van der Waals surface area (Å²) in [6.07, 6.45) is 0. The lowest BCUT2D eigenvalue weighted by Crippen LogP contribution is -2.42. The maximum absolute atomic E-state index is 13.9. The van der Waals surface area contributed by atoms with Gasteiger partial charge in [-0.15, -0.1) is 0 Å². The zero-order valence-corrected chi connectivity index (χ0v) is 17.5. The van der Waals surface area contributed by atoms with Gasteiger partial charge in [-0.1, -0.05) is 12.1 Å². The van der Waals surface area contributed by atoms with Gasteiger partial charge in [0.1, 0.15) is 11.4 Å². The second kappa shape index (κ2) is 8.38. The number of fused-ring (bicyclic) bond motifs is 2.